The minimum Gasteiger partial charge on any atom is -0.378 e. The van der Waals surface area contributed by atoms with Gasteiger partial charge in [-0.1, -0.05) is 54.6 Å². The lowest BCUT2D eigenvalue weighted by molar-refractivity contribution is -0.0558. The van der Waals surface area contributed by atoms with Crippen LogP contribution in [-0.2, 0) is 5.60 Å². The summed E-state index contributed by atoms with van der Waals surface area (Å²) in [5.41, 5.74) is 1.43. The molecule has 112 valence electrons. The van der Waals surface area contributed by atoms with Crippen LogP contribution in [0.5, 0.6) is 0 Å². The predicted molar refractivity (Wildman–Crippen MR) is 88.4 cm³/mol. The van der Waals surface area contributed by atoms with Gasteiger partial charge in [-0.25, -0.2) is 0 Å². The van der Waals surface area contributed by atoms with E-state index in [1.54, 1.807) is 0 Å². The smallest absolute Gasteiger partial charge is 0.133 e. The first-order chi connectivity index (χ1) is 9.81. The maximum absolute atomic E-state index is 11.8. The molecule has 0 aliphatic carbocycles. The number of benzene rings is 2. The molecule has 1 atom stereocenters. The molecule has 0 aromatic heterocycles. The molecule has 0 radical (unpaired) electrons. The number of likely N-dealkylation sites (N-methyl/N-ethyl adjacent to an activating group) is 1. The maximum Gasteiger partial charge on any atom is 0.133 e. The van der Waals surface area contributed by atoms with Crippen LogP contribution >= 0.6 is 0 Å². The van der Waals surface area contributed by atoms with Gasteiger partial charge < -0.3 is 10.0 Å². The standard InChI is InChI=1S/C19H25NO/c1-15-11-9-10-14-17(15)19(21,18(2,3)20(4)5)16-12-7-6-8-13-16/h6-14,21H,1-5H3/t19-/m1/s1. The van der Waals surface area contributed by atoms with E-state index in [1.165, 1.54) is 0 Å². The summed E-state index contributed by atoms with van der Waals surface area (Å²) in [4.78, 5) is 2.08. The van der Waals surface area contributed by atoms with Crippen molar-refractivity contribution in [2.45, 2.75) is 31.9 Å². The van der Waals surface area contributed by atoms with Crippen LogP contribution in [0.4, 0.5) is 0 Å². The van der Waals surface area contributed by atoms with Crippen molar-refractivity contribution in [1.82, 2.24) is 4.90 Å². The number of rotatable bonds is 4. The van der Waals surface area contributed by atoms with E-state index in [1.807, 2.05) is 62.6 Å². The van der Waals surface area contributed by atoms with Gasteiger partial charge in [0.05, 0.1) is 5.54 Å². The first kappa shape index (κ1) is 15.7. The predicted octanol–water partition coefficient (Wildman–Crippen LogP) is 3.57. The molecule has 0 saturated heterocycles. The Hall–Kier alpha value is -1.64. The SMILES string of the molecule is Cc1ccccc1[C@](O)(c1ccccc1)C(C)(C)N(C)C. The number of hydrogen-bond acceptors (Lipinski definition) is 2. The maximum atomic E-state index is 11.8. The third-order valence-corrected chi connectivity index (χ3v) is 4.73. The largest absolute Gasteiger partial charge is 0.378 e. The van der Waals surface area contributed by atoms with Gasteiger partial charge in [0.15, 0.2) is 0 Å². The molecule has 2 aromatic carbocycles. The van der Waals surface area contributed by atoms with Crippen molar-refractivity contribution >= 4 is 0 Å². The molecule has 0 heterocycles. The van der Waals surface area contributed by atoms with Gasteiger partial charge in [0.25, 0.3) is 0 Å². The molecule has 0 bridgehead atoms. The molecular weight excluding hydrogens is 258 g/mol. The zero-order valence-electron chi connectivity index (χ0n) is 13.6. The lowest BCUT2D eigenvalue weighted by atomic mass is 9.70. The topological polar surface area (TPSA) is 23.5 Å². The van der Waals surface area contributed by atoms with Crippen LogP contribution in [-0.4, -0.2) is 29.6 Å². The Kier molecular flexibility index (Phi) is 4.22. The summed E-state index contributed by atoms with van der Waals surface area (Å²) >= 11 is 0. The van der Waals surface area contributed by atoms with E-state index in [9.17, 15) is 5.11 Å². The number of aliphatic hydroxyl groups is 1. The Balaban J connectivity index is 2.75. The normalized spacial score (nSPS) is 15.0. The van der Waals surface area contributed by atoms with Crippen LogP contribution in [0.25, 0.3) is 0 Å². The summed E-state index contributed by atoms with van der Waals surface area (Å²) in [5, 5.41) is 11.8. The minimum atomic E-state index is -1.08. The second kappa shape index (κ2) is 5.63. The van der Waals surface area contributed by atoms with Gasteiger partial charge >= 0.3 is 0 Å². The van der Waals surface area contributed by atoms with E-state index in [4.69, 9.17) is 0 Å². The number of nitrogens with zero attached hydrogens (tertiary/aromatic N) is 1. The van der Waals surface area contributed by atoms with Gasteiger partial charge in [0.2, 0.25) is 0 Å². The molecule has 21 heavy (non-hydrogen) atoms. The van der Waals surface area contributed by atoms with Gasteiger partial charge in [-0.2, -0.15) is 0 Å². The first-order valence-electron chi connectivity index (χ1n) is 7.33. The average Bonchev–Trinajstić information content (AvgIpc) is 2.47. The second-order valence-electron chi connectivity index (χ2n) is 6.34. The van der Waals surface area contributed by atoms with E-state index < -0.39 is 11.1 Å². The fourth-order valence-electron chi connectivity index (χ4n) is 2.82. The molecule has 0 aliphatic rings. The molecule has 0 saturated carbocycles. The van der Waals surface area contributed by atoms with E-state index in [0.717, 1.165) is 16.7 Å². The Morgan fingerprint density at radius 1 is 0.857 bits per heavy atom. The highest BCUT2D eigenvalue weighted by Crippen LogP contribution is 2.42. The van der Waals surface area contributed by atoms with Gasteiger partial charge in [-0.3, -0.25) is 0 Å². The molecule has 2 heteroatoms. The van der Waals surface area contributed by atoms with Gasteiger partial charge in [0, 0.05) is 0 Å². The summed E-state index contributed by atoms with van der Waals surface area (Å²) in [6, 6.07) is 18.0. The van der Waals surface area contributed by atoms with Gasteiger partial charge in [-0.05, 0) is 51.6 Å². The molecular formula is C19H25NO. The Morgan fingerprint density at radius 2 is 1.38 bits per heavy atom. The second-order valence-corrected chi connectivity index (χ2v) is 6.34. The van der Waals surface area contributed by atoms with Crippen molar-refractivity contribution in [3.8, 4) is 0 Å². The third-order valence-electron chi connectivity index (χ3n) is 4.73. The summed E-state index contributed by atoms with van der Waals surface area (Å²) < 4.78 is 0. The third kappa shape index (κ3) is 2.50. The molecule has 2 rings (SSSR count). The van der Waals surface area contributed by atoms with Crippen molar-refractivity contribution in [3.05, 3.63) is 71.3 Å². The molecule has 0 amide bonds. The van der Waals surface area contributed by atoms with Crippen LogP contribution in [0.2, 0.25) is 0 Å². The Bertz CT molecular complexity index is 604. The zero-order valence-corrected chi connectivity index (χ0v) is 13.6. The fraction of sp³-hybridized carbons (Fsp3) is 0.368. The zero-order chi connectivity index (χ0) is 15.7. The van der Waals surface area contributed by atoms with Crippen LogP contribution in [0.1, 0.15) is 30.5 Å². The monoisotopic (exact) mass is 283 g/mol. The molecule has 0 spiro atoms. The highest BCUT2D eigenvalue weighted by Gasteiger charge is 2.48. The molecule has 0 aliphatic heterocycles. The number of hydrogen-bond donors (Lipinski definition) is 1. The highest BCUT2D eigenvalue weighted by molar-refractivity contribution is 5.44. The molecule has 2 aromatic rings. The van der Waals surface area contributed by atoms with Gasteiger partial charge in [-0.15, -0.1) is 0 Å². The quantitative estimate of drug-likeness (QED) is 0.927. The summed E-state index contributed by atoms with van der Waals surface area (Å²) in [6.07, 6.45) is 0. The van der Waals surface area contributed by atoms with Crippen molar-refractivity contribution in [2.24, 2.45) is 0 Å². The van der Waals surface area contributed by atoms with Crippen LogP contribution in [0.3, 0.4) is 0 Å². The summed E-state index contributed by atoms with van der Waals surface area (Å²) in [6.45, 7) is 6.20. The molecule has 1 N–H and O–H groups in total. The molecule has 2 nitrogen and oxygen atoms in total. The van der Waals surface area contributed by atoms with Crippen molar-refractivity contribution < 1.29 is 5.11 Å². The van der Waals surface area contributed by atoms with Crippen molar-refractivity contribution in [1.29, 1.82) is 0 Å². The van der Waals surface area contributed by atoms with Crippen LogP contribution in [0.15, 0.2) is 54.6 Å². The summed E-state index contributed by atoms with van der Waals surface area (Å²) in [7, 11) is 4.01. The van der Waals surface area contributed by atoms with Crippen LogP contribution in [0, 0.1) is 6.92 Å². The Labute approximate surface area is 128 Å². The molecule has 0 unspecified atom stereocenters. The van der Waals surface area contributed by atoms with Gasteiger partial charge in [0.1, 0.15) is 5.60 Å². The molecule has 0 fully saturated rings. The van der Waals surface area contributed by atoms with E-state index in [0.29, 0.717) is 0 Å². The van der Waals surface area contributed by atoms with E-state index >= 15 is 0 Å². The van der Waals surface area contributed by atoms with Crippen molar-refractivity contribution in [3.63, 3.8) is 0 Å². The minimum absolute atomic E-state index is 0.458. The Morgan fingerprint density at radius 3 is 1.90 bits per heavy atom. The number of aryl methyl sites for hydroxylation is 1. The summed E-state index contributed by atoms with van der Waals surface area (Å²) in [5.74, 6) is 0. The van der Waals surface area contributed by atoms with E-state index in [-0.39, 0.29) is 0 Å². The van der Waals surface area contributed by atoms with Crippen molar-refractivity contribution in [2.75, 3.05) is 14.1 Å². The average molecular weight is 283 g/mol. The van der Waals surface area contributed by atoms with E-state index in [2.05, 4.69) is 31.7 Å². The fourth-order valence-corrected chi connectivity index (χ4v) is 2.82. The van der Waals surface area contributed by atoms with Crippen LogP contribution < -0.4 is 0 Å². The first-order valence-corrected chi connectivity index (χ1v) is 7.33. The highest BCUT2D eigenvalue weighted by atomic mass is 16.3. The lowest BCUT2D eigenvalue weighted by Gasteiger charge is -2.48. The lowest BCUT2D eigenvalue weighted by Crippen LogP contribution is -2.57.